The monoisotopic (exact) mass is 261 g/mol. The molecular formula is C11H20BrNO. The molecule has 2 atom stereocenters. The first-order chi connectivity index (χ1) is 6.54. The zero-order valence-electron chi connectivity index (χ0n) is 9.29. The fourth-order valence-electron chi connectivity index (χ4n) is 1.87. The van der Waals surface area contributed by atoms with Gasteiger partial charge in [0.15, 0.2) is 0 Å². The summed E-state index contributed by atoms with van der Waals surface area (Å²) < 4.78 is 0. The Morgan fingerprint density at radius 2 is 2.07 bits per heavy atom. The summed E-state index contributed by atoms with van der Waals surface area (Å²) in [5.41, 5.74) is 0. The highest BCUT2D eigenvalue weighted by atomic mass is 79.9. The third-order valence-electron chi connectivity index (χ3n) is 2.91. The largest absolute Gasteiger partial charge is 0.339 e. The van der Waals surface area contributed by atoms with Crippen LogP contribution >= 0.6 is 15.9 Å². The molecule has 82 valence electrons. The van der Waals surface area contributed by atoms with Gasteiger partial charge in [-0.05, 0) is 32.1 Å². The Morgan fingerprint density at radius 1 is 1.43 bits per heavy atom. The standard InChI is InChI=1S/C11H20BrNO/c1-8(2)10(12)11(14)13-7-5-4-6-9(13)3/h8-10H,4-7H2,1-3H3/t9-,10-/m1/s1. The topological polar surface area (TPSA) is 20.3 Å². The first-order valence-electron chi connectivity index (χ1n) is 5.48. The van der Waals surface area contributed by atoms with Gasteiger partial charge in [-0.3, -0.25) is 4.79 Å². The molecule has 1 aliphatic rings. The molecule has 1 saturated heterocycles. The van der Waals surface area contributed by atoms with Crippen molar-refractivity contribution in [1.82, 2.24) is 4.90 Å². The van der Waals surface area contributed by atoms with Gasteiger partial charge in [-0.15, -0.1) is 0 Å². The Kier molecular flexibility index (Phi) is 4.42. The van der Waals surface area contributed by atoms with E-state index in [1.807, 2.05) is 4.90 Å². The second kappa shape index (κ2) is 5.15. The lowest BCUT2D eigenvalue weighted by molar-refractivity contribution is -0.134. The van der Waals surface area contributed by atoms with Crippen molar-refractivity contribution in [2.75, 3.05) is 6.54 Å². The molecule has 1 fully saturated rings. The molecule has 0 aliphatic carbocycles. The number of hydrogen-bond acceptors (Lipinski definition) is 1. The number of alkyl halides is 1. The molecule has 1 rings (SSSR count). The van der Waals surface area contributed by atoms with Crippen LogP contribution in [0.5, 0.6) is 0 Å². The third kappa shape index (κ3) is 2.72. The van der Waals surface area contributed by atoms with Crippen molar-refractivity contribution in [3.63, 3.8) is 0 Å². The average molecular weight is 262 g/mol. The van der Waals surface area contributed by atoms with E-state index in [9.17, 15) is 4.79 Å². The fraction of sp³-hybridized carbons (Fsp3) is 0.909. The molecule has 3 heteroatoms. The number of likely N-dealkylation sites (tertiary alicyclic amines) is 1. The quantitative estimate of drug-likeness (QED) is 0.701. The van der Waals surface area contributed by atoms with Crippen molar-refractivity contribution in [1.29, 1.82) is 0 Å². The van der Waals surface area contributed by atoms with E-state index in [1.54, 1.807) is 0 Å². The van der Waals surface area contributed by atoms with Gasteiger partial charge in [0.05, 0.1) is 4.83 Å². The summed E-state index contributed by atoms with van der Waals surface area (Å²) in [6.07, 6.45) is 3.58. The van der Waals surface area contributed by atoms with Gasteiger partial charge in [-0.25, -0.2) is 0 Å². The Bertz CT molecular complexity index is 205. The number of amides is 1. The molecule has 0 aromatic rings. The van der Waals surface area contributed by atoms with Gasteiger partial charge in [0.25, 0.3) is 0 Å². The molecule has 0 spiro atoms. The first-order valence-corrected chi connectivity index (χ1v) is 6.40. The minimum absolute atomic E-state index is 0.0111. The highest BCUT2D eigenvalue weighted by molar-refractivity contribution is 9.10. The Hall–Kier alpha value is -0.0500. The maximum absolute atomic E-state index is 12.0. The molecular weight excluding hydrogens is 242 g/mol. The summed E-state index contributed by atoms with van der Waals surface area (Å²) in [6, 6.07) is 0.426. The van der Waals surface area contributed by atoms with Crippen LogP contribution in [0.2, 0.25) is 0 Å². The number of halogens is 1. The van der Waals surface area contributed by atoms with Crippen molar-refractivity contribution in [3.05, 3.63) is 0 Å². The maximum atomic E-state index is 12.0. The second-order valence-electron chi connectivity index (χ2n) is 4.52. The normalized spacial score (nSPS) is 25.2. The van der Waals surface area contributed by atoms with Crippen molar-refractivity contribution in [2.45, 2.75) is 50.9 Å². The van der Waals surface area contributed by atoms with Crippen LogP contribution in [0.15, 0.2) is 0 Å². The Balaban J connectivity index is 2.58. The molecule has 14 heavy (non-hydrogen) atoms. The van der Waals surface area contributed by atoms with Crippen molar-refractivity contribution in [2.24, 2.45) is 5.92 Å². The second-order valence-corrected chi connectivity index (χ2v) is 5.51. The van der Waals surface area contributed by atoms with E-state index in [1.165, 1.54) is 6.42 Å². The van der Waals surface area contributed by atoms with Crippen LogP contribution in [-0.4, -0.2) is 28.2 Å². The van der Waals surface area contributed by atoms with Gasteiger partial charge in [0.2, 0.25) is 5.91 Å². The molecule has 1 aliphatic heterocycles. The van der Waals surface area contributed by atoms with E-state index >= 15 is 0 Å². The van der Waals surface area contributed by atoms with E-state index in [2.05, 4.69) is 36.7 Å². The predicted octanol–water partition coefficient (Wildman–Crippen LogP) is 2.81. The lowest BCUT2D eigenvalue weighted by Gasteiger charge is -2.35. The fourth-order valence-corrected chi connectivity index (χ4v) is 2.13. The maximum Gasteiger partial charge on any atom is 0.236 e. The molecule has 1 heterocycles. The van der Waals surface area contributed by atoms with Crippen LogP contribution in [0.1, 0.15) is 40.0 Å². The summed E-state index contributed by atoms with van der Waals surface area (Å²) in [7, 11) is 0. The first kappa shape index (κ1) is 12.0. The van der Waals surface area contributed by atoms with Crippen molar-refractivity contribution >= 4 is 21.8 Å². The highest BCUT2D eigenvalue weighted by Gasteiger charge is 2.29. The van der Waals surface area contributed by atoms with Gasteiger partial charge in [0, 0.05) is 12.6 Å². The number of piperidine rings is 1. The van der Waals surface area contributed by atoms with E-state index in [0.717, 1.165) is 19.4 Å². The highest BCUT2D eigenvalue weighted by Crippen LogP contribution is 2.22. The number of hydrogen-bond donors (Lipinski definition) is 0. The number of rotatable bonds is 2. The lowest BCUT2D eigenvalue weighted by atomic mass is 10.0. The third-order valence-corrected chi connectivity index (χ3v) is 4.36. The summed E-state index contributed by atoms with van der Waals surface area (Å²) in [4.78, 5) is 14.0. The van der Waals surface area contributed by atoms with Crippen LogP contribution in [0.3, 0.4) is 0 Å². The molecule has 0 bridgehead atoms. The summed E-state index contributed by atoms with van der Waals surface area (Å²) in [5, 5.41) is 0. The lowest BCUT2D eigenvalue weighted by Crippen LogP contribution is -2.46. The van der Waals surface area contributed by atoms with Crippen molar-refractivity contribution in [3.8, 4) is 0 Å². The molecule has 0 aromatic carbocycles. The summed E-state index contributed by atoms with van der Waals surface area (Å²) in [5.74, 6) is 0.642. The molecule has 0 saturated carbocycles. The molecule has 0 N–H and O–H groups in total. The van der Waals surface area contributed by atoms with E-state index in [0.29, 0.717) is 12.0 Å². The molecule has 2 nitrogen and oxygen atoms in total. The molecule has 0 radical (unpaired) electrons. The molecule has 1 amide bonds. The van der Waals surface area contributed by atoms with E-state index < -0.39 is 0 Å². The van der Waals surface area contributed by atoms with Crippen LogP contribution in [0.4, 0.5) is 0 Å². The smallest absolute Gasteiger partial charge is 0.236 e. The van der Waals surface area contributed by atoms with Crippen LogP contribution in [0.25, 0.3) is 0 Å². The molecule has 0 aromatic heterocycles. The van der Waals surface area contributed by atoms with E-state index in [-0.39, 0.29) is 10.7 Å². The van der Waals surface area contributed by atoms with Crippen LogP contribution in [0, 0.1) is 5.92 Å². The number of carbonyl (C=O) groups is 1. The van der Waals surface area contributed by atoms with Gasteiger partial charge in [0.1, 0.15) is 0 Å². The summed E-state index contributed by atoms with van der Waals surface area (Å²) >= 11 is 3.48. The number of carbonyl (C=O) groups excluding carboxylic acids is 1. The zero-order valence-corrected chi connectivity index (χ0v) is 10.9. The van der Waals surface area contributed by atoms with Crippen LogP contribution in [-0.2, 0) is 4.79 Å². The summed E-state index contributed by atoms with van der Waals surface area (Å²) in [6.45, 7) is 7.24. The predicted molar refractivity (Wildman–Crippen MR) is 62.6 cm³/mol. The van der Waals surface area contributed by atoms with Gasteiger partial charge in [-0.1, -0.05) is 29.8 Å². The van der Waals surface area contributed by atoms with Gasteiger partial charge < -0.3 is 4.90 Å². The van der Waals surface area contributed by atoms with Gasteiger partial charge in [-0.2, -0.15) is 0 Å². The molecule has 0 unspecified atom stereocenters. The number of nitrogens with zero attached hydrogens (tertiary/aromatic N) is 1. The average Bonchev–Trinajstić information content (AvgIpc) is 2.16. The van der Waals surface area contributed by atoms with Crippen LogP contribution < -0.4 is 0 Å². The Labute approximate surface area is 95.2 Å². The van der Waals surface area contributed by atoms with Gasteiger partial charge >= 0.3 is 0 Å². The zero-order chi connectivity index (χ0) is 10.7. The van der Waals surface area contributed by atoms with E-state index in [4.69, 9.17) is 0 Å². The minimum atomic E-state index is -0.0111. The minimum Gasteiger partial charge on any atom is -0.339 e. The van der Waals surface area contributed by atoms with Crippen molar-refractivity contribution < 1.29 is 4.79 Å². The Morgan fingerprint density at radius 3 is 2.57 bits per heavy atom. The SMILES string of the molecule is CC(C)[C@@H](Br)C(=O)N1CCCC[C@H]1C.